The molecule has 0 rings (SSSR count). The van der Waals surface area contributed by atoms with E-state index in [-0.39, 0.29) is 12.2 Å². The van der Waals surface area contributed by atoms with Crippen molar-refractivity contribution < 1.29 is 19.1 Å². The first-order valence-electron chi connectivity index (χ1n) is 4.65. The van der Waals surface area contributed by atoms with Gasteiger partial charge in [0.15, 0.2) is 0 Å². The van der Waals surface area contributed by atoms with Crippen molar-refractivity contribution in [2.75, 3.05) is 0 Å². The summed E-state index contributed by atoms with van der Waals surface area (Å²) in [5.41, 5.74) is 0. The second-order valence-electron chi connectivity index (χ2n) is 3.14. The van der Waals surface area contributed by atoms with Gasteiger partial charge in [0.2, 0.25) is 0 Å². The van der Waals surface area contributed by atoms with E-state index in [1.54, 1.807) is 13.8 Å². The van der Waals surface area contributed by atoms with Crippen molar-refractivity contribution in [1.29, 1.82) is 0 Å². The van der Waals surface area contributed by atoms with Crippen LogP contribution in [0.4, 0.5) is 0 Å². The predicted octanol–water partition coefficient (Wildman–Crippen LogP) is 1.61. The van der Waals surface area contributed by atoms with Crippen LogP contribution in [0.2, 0.25) is 0 Å². The summed E-state index contributed by atoms with van der Waals surface area (Å²) < 4.78 is 9.82. The average molecular weight is 212 g/mol. The van der Waals surface area contributed by atoms with Crippen molar-refractivity contribution >= 4 is 11.9 Å². The number of esters is 2. The molecule has 2 atom stereocenters. The van der Waals surface area contributed by atoms with Crippen molar-refractivity contribution in [3.05, 3.63) is 25.3 Å². The monoisotopic (exact) mass is 212 g/mol. The highest BCUT2D eigenvalue weighted by atomic mass is 16.6. The number of hydrogen-bond donors (Lipinski definition) is 0. The SMILES string of the molecule is C=CC(=O)O[C@H](C)C[C@@H](C)OC(=O)C=C. The van der Waals surface area contributed by atoms with Gasteiger partial charge in [0.05, 0.1) is 0 Å². The van der Waals surface area contributed by atoms with Crippen molar-refractivity contribution in [1.82, 2.24) is 0 Å². The van der Waals surface area contributed by atoms with E-state index >= 15 is 0 Å². The topological polar surface area (TPSA) is 52.6 Å². The summed E-state index contributed by atoms with van der Waals surface area (Å²) in [6.45, 7) is 10.0. The highest BCUT2D eigenvalue weighted by Gasteiger charge is 2.13. The van der Waals surface area contributed by atoms with Crippen LogP contribution in [0.1, 0.15) is 20.3 Å². The smallest absolute Gasteiger partial charge is 0.330 e. The molecular weight excluding hydrogens is 196 g/mol. The summed E-state index contributed by atoms with van der Waals surface area (Å²) in [5, 5.41) is 0. The Kier molecular flexibility index (Phi) is 6.09. The number of hydrogen-bond acceptors (Lipinski definition) is 4. The van der Waals surface area contributed by atoms with Gasteiger partial charge in [0.1, 0.15) is 12.2 Å². The van der Waals surface area contributed by atoms with Crippen LogP contribution < -0.4 is 0 Å². The fourth-order valence-electron chi connectivity index (χ4n) is 1.06. The van der Waals surface area contributed by atoms with Crippen molar-refractivity contribution in [2.45, 2.75) is 32.5 Å². The molecule has 0 bridgehead atoms. The first-order chi connectivity index (χ1) is 6.99. The van der Waals surface area contributed by atoms with Crippen LogP contribution in [0, 0.1) is 0 Å². The molecule has 0 aliphatic rings. The molecule has 0 aliphatic carbocycles. The molecule has 0 spiro atoms. The van der Waals surface area contributed by atoms with Gasteiger partial charge in [-0.25, -0.2) is 9.59 Å². The van der Waals surface area contributed by atoms with Gasteiger partial charge in [-0.05, 0) is 13.8 Å². The molecule has 84 valence electrons. The Morgan fingerprint density at radius 1 is 1.07 bits per heavy atom. The zero-order valence-corrected chi connectivity index (χ0v) is 9.06. The van der Waals surface area contributed by atoms with E-state index < -0.39 is 11.9 Å². The Morgan fingerprint density at radius 2 is 1.40 bits per heavy atom. The summed E-state index contributed by atoms with van der Waals surface area (Å²) in [7, 11) is 0. The molecule has 0 heterocycles. The largest absolute Gasteiger partial charge is 0.459 e. The number of carbonyl (C=O) groups is 2. The molecule has 0 aromatic heterocycles. The van der Waals surface area contributed by atoms with Gasteiger partial charge < -0.3 is 9.47 Å². The van der Waals surface area contributed by atoms with E-state index in [1.807, 2.05) is 0 Å². The lowest BCUT2D eigenvalue weighted by molar-refractivity contribution is -0.147. The van der Waals surface area contributed by atoms with Crippen LogP contribution in [-0.2, 0) is 19.1 Å². The van der Waals surface area contributed by atoms with Crippen LogP contribution >= 0.6 is 0 Å². The van der Waals surface area contributed by atoms with Crippen molar-refractivity contribution in [3.8, 4) is 0 Å². The lowest BCUT2D eigenvalue weighted by Crippen LogP contribution is -2.22. The van der Waals surface area contributed by atoms with E-state index in [4.69, 9.17) is 9.47 Å². The predicted molar refractivity (Wildman–Crippen MR) is 56.1 cm³/mol. The lowest BCUT2D eigenvalue weighted by atomic mass is 10.2. The van der Waals surface area contributed by atoms with E-state index in [0.717, 1.165) is 12.2 Å². The standard InChI is InChI=1S/C11H16O4/c1-5-10(12)14-8(3)7-9(4)15-11(13)6-2/h5-6,8-9H,1-2,7H2,3-4H3/t8-,9-/m1/s1. The molecule has 0 aromatic carbocycles. The van der Waals surface area contributed by atoms with E-state index in [1.165, 1.54) is 0 Å². The Morgan fingerprint density at radius 3 is 1.67 bits per heavy atom. The summed E-state index contributed by atoms with van der Waals surface area (Å²) in [6.07, 6.45) is 2.00. The number of rotatable bonds is 6. The van der Waals surface area contributed by atoms with Gasteiger partial charge >= 0.3 is 11.9 Å². The normalized spacial score (nSPS) is 13.5. The maximum Gasteiger partial charge on any atom is 0.330 e. The highest BCUT2D eigenvalue weighted by Crippen LogP contribution is 2.06. The van der Waals surface area contributed by atoms with Crippen LogP contribution in [0.5, 0.6) is 0 Å². The van der Waals surface area contributed by atoms with Gasteiger partial charge in [-0.15, -0.1) is 0 Å². The Hall–Kier alpha value is -1.58. The highest BCUT2D eigenvalue weighted by molar-refractivity contribution is 5.81. The molecule has 0 saturated heterocycles. The van der Waals surface area contributed by atoms with Crippen LogP contribution in [0.25, 0.3) is 0 Å². The fourth-order valence-corrected chi connectivity index (χ4v) is 1.06. The van der Waals surface area contributed by atoms with Gasteiger partial charge in [-0.2, -0.15) is 0 Å². The lowest BCUT2D eigenvalue weighted by Gasteiger charge is -2.17. The van der Waals surface area contributed by atoms with Crippen LogP contribution in [0.3, 0.4) is 0 Å². The Balaban J connectivity index is 3.89. The van der Waals surface area contributed by atoms with Gasteiger partial charge in [-0.1, -0.05) is 13.2 Å². The first kappa shape index (κ1) is 13.4. The second kappa shape index (κ2) is 6.81. The molecule has 0 unspecified atom stereocenters. The van der Waals surface area contributed by atoms with Gasteiger partial charge in [-0.3, -0.25) is 0 Å². The molecule has 0 amide bonds. The maximum atomic E-state index is 10.8. The summed E-state index contributed by atoms with van der Waals surface area (Å²) >= 11 is 0. The average Bonchev–Trinajstić information content (AvgIpc) is 2.16. The number of ether oxygens (including phenoxy) is 2. The number of carbonyl (C=O) groups excluding carboxylic acids is 2. The third kappa shape index (κ3) is 6.49. The van der Waals surface area contributed by atoms with Gasteiger partial charge in [0.25, 0.3) is 0 Å². The molecule has 0 aliphatic heterocycles. The zero-order valence-electron chi connectivity index (χ0n) is 9.06. The summed E-state index contributed by atoms with van der Waals surface area (Å²) in [4.78, 5) is 21.6. The van der Waals surface area contributed by atoms with E-state index in [2.05, 4.69) is 13.2 Å². The van der Waals surface area contributed by atoms with Crippen LogP contribution in [0.15, 0.2) is 25.3 Å². The Labute approximate surface area is 89.6 Å². The molecule has 4 heteroatoms. The molecule has 0 radical (unpaired) electrons. The fraction of sp³-hybridized carbons (Fsp3) is 0.455. The minimum atomic E-state index is -0.482. The summed E-state index contributed by atoms with van der Waals surface area (Å²) in [6, 6.07) is 0. The minimum Gasteiger partial charge on any atom is -0.459 e. The van der Waals surface area contributed by atoms with E-state index in [9.17, 15) is 9.59 Å². The third-order valence-corrected chi connectivity index (χ3v) is 1.63. The van der Waals surface area contributed by atoms with Gasteiger partial charge in [0, 0.05) is 18.6 Å². The molecule has 4 nitrogen and oxygen atoms in total. The molecule has 0 aromatic rings. The molecular formula is C11H16O4. The third-order valence-electron chi connectivity index (χ3n) is 1.63. The Bertz CT molecular complexity index is 231. The molecule has 0 fully saturated rings. The van der Waals surface area contributed by atoms with Crippen molar-refractivity contribution in [3.63, 3.8) is 0 Å². The van der Waals surface area contributed by atoms with Crippen molar-refractivity contribution in [2.24, 2.45) is 0 Å². The summed E-state index contributed by atoms with van der Waals surface area (Å²) in [5.74, 6) is -0.963. The zero-order chi connectivity index (χ0) is 11.8. The molecule has 0 saturated carbocycles. The molecule has 0 N–H and O–H groups in total. The maximum absolute atomic E-state index is 10.8. The van der Waals surface area contributed by atoms with E-state index in [0.29, 0.717) is 6.42 Å². The second-order valence-corrected chi connectivity index (χ2v) is 3.14. The quantitative estimate of drug-likeness (QED) is 0.496. The van der Waals surface area contributed by atoms with Crippen LogP contribution in [-0.4, -0.2) is 24.1 Å². The minimum absolute atomic E-state index is 0.317. The first-order valence-corrected chi connectivity index (χ1v) is 4.65. The molecule has 15 heavy (non-hydrogen) atoms.